The Bertz CT molecular complexity index is 894. The van der Waals surface area contributed by atoms with Crippen LogP contribution in [0.3, 0.4) is 0 Å². The van der Waals surface area contributed by atoms with Gasteiger partial charge in [0.05, 0.1) is 29.2 Å². The lowest BCUT2D eigenvalue weighted by Crippen LogP contribution is -2.27. The zero-order valence-electron chi connectivity index (χ0n) is 15.9. The zero-order chi connectivity index (χ0) is 19.0. The minimum atomic E-state index is -0.0155. The number of likely N-dealkylation sites (tertiary alicyclic amines) is 1. The molecule has 136 valence electrons. The molecule has 1 fully saturated rings. The summed E-state index contributed by atoms with van der Waals surface area (Å²) in [5.74, 6) is 0.239. The van der Waals surface area contributed by atoms with E-state index < -0.39 is 0 Å². The van der Waals surface area contributed by atoms with Gasteiger partial charge in [0, 0.05) is 49.9 Å². The third kappa shape index (κ3) is 3.03. The van der Waals surface area contributed by atoms with Crippen molar-refractivity contribution in [2.24, 2.45) is 13.0 Å². The molecular formula is C19H24N6O. The van der Waals surface area contributed by atoms with Crippen molar-refractivity contribution in [2.45, 2.75) is 33.2 Å². The minimum absolute atomic E-state index is 0.0155. The van der Waals surface area contributed by atoms with Crippen molar-refractivity contribution >= 4 is 11.6 Å². The molecule has 7 nitrogen and oxygen atoms in total. The number of carbonyl (C=O) groups is 1. The minimum Gasteiger partial charge on any atom is -0.383 e. The van der Waals surface area contributed by atoms with Gasteiger partial charge in [0.15, 0.2) is 0 Å². The summed E-state index contributed by atoms with van der Waals surface area (Å²) < 4.78 is 1.83. The number of aryl methyl sites for hydroxylation is 3. The van der Waals surface area contributed by atoms with E-state index in [1.54, 1.807) is 0 Å². The topological polar surface area (TPSA) is 86.8 Å². The first kappa shape index (κ1) is 17.9. The van der Waals surface area contributed by atoms with E-state index in [1.807, 2.05) is 56.7 Å². The van der Waals surface area contributed by atoms with E-state index in [2.05, 4.69) is 21.5 Å². The molecule has 3 rings (SSSR count). The second-order valence-electron chi connectivity index (χ2n) is 6.99. The molecule has 0 unspecified atom stereocenters. The van der Waals surface area contributed by atoms with E-state index in [9.17, 15) is 10.1 Å². The molecular weight excluding hydrogens is 328 g/mol. The van der Waals surface area contributed by atoms with Crippen molar-refractivity contribution in [1.29, 1.82) is 5.26 Å². The number of hydrogen-bond acceptors (Lipinski definition) is 5. The van der Waals surface area contributed by atoms with Crippen LogP contribution in [0.5, 0.6) is 0 Å². The van der Waals surface area contributed by atoms with E-state index in [1.165, 1.54) is 0 Å². The van der Waals surface area contributed by atoms with Crippen LogP contribution in [0.4, 0.5) is 5.69 Å². The average Bonchev–Trinajstić information content (AvgIpc) is 3.05. The molecule has 2 aromatic heterocycles. The summed E-state index contributed by atoms with van der Waals surface area (Å²) in [7, 11) is 3.76. The first-order valence-corrected chi connectivity index (χ1v) is 8.69. The Morgan fingerprint density at radius 1 is 1.35 bits per heavy atom. The van der Waals surface area contributed by atoms with E-state index in [0.717, 1.165) is 22.6 Å². The van der Waals surface area contributed by atoms with Crippen molar-refractivity contribution in [3.8, 4) is 6.07 Å². The van der Waals surface area contributed by atoms with Gasteiger partial charge in [0.2, 0.25) is 5.91 Å². The van der Waals surface area contributed by atoms with Gasteiger partial charge in [-0.25, -0.2) is 0 Å². The van der Waals surface area contributed by atoms with Gasteiger partial charge in [-0.3, -0.25) is 14.5 Å². The van der Waals surface area contributed by atoms with Crippen LogP contribution in [-0.4, -0.2) is 39.2 Å². The van der Waals surface area contributed by atoms with Crippen LogP contribution in [0, 0.1) is 38.0 Å². The van der Waals surface area contributed by atoms with Crippen molar-refractivity contribution in [1.82, 2.24) is 19.7 Å². The van der Waals surface area contributed by atoms with E-state index in [4.69, 9.17) is 0 Å². The van der Waals surface area contributed by atoms with E-state index in [-0.39, 0.29) is 17.9 Å². The number of aromatic nitrogens is 3. The van der Waals surface area contributed by atoms with Gasteiger partial charge in [0.1, 0.15) is 6.07 Å². The quantitative estimate of drug-likeness (QED) is 0.912. The fourth-order valence-electron chi connectivity index (χ4n) is 3.75. The number of nitrogens with one attached hydrogen (secondary N) is 1. The van der Waals surface area contributed by atoms with Crippen molar-refractivity contribution in [3.63, 3.8) is 0 Å². The number of carbonyl (C=O) groups excluding carboxylic acids is 1. The lowest BCUT2D eigenvalue weighted by molar-refractivity contribution is -0.127. The third-order valence-corrected chi connectivity index (χ3v) is 5.28. The van der Waals surface area contributed by atoms with Crippen LogP contribution in [0.1, 0.15) is 40.7 Å². The van der Waals surface area contributed by atoms with E-state index in [0.29, 0.717) is 24.2 Å². The summed E-state index contributed by atoms with van der Waals surface area (Å²) in [5, 5.41) is 17.1. The van der Waals surface area contributed by atoms with Gasteiger partial charge in [-0.1, -0.05) is 0 Å². The summed E-state index contributed by atoms with van der Waals surface area (Å²) in [6, 6.07) is 4.09. The van der Waals surface area contributed by atoms with Gasteiger partial charge in [-0.15, -0.1) is 0 Å². The molecule has 0 bridgehead atoms. The number of hydrogen-bond donors (Lipinski definition) is 1. The van der Waals surface area contributed by atoms with Crippen LogP contribution in [-0.2, 0) is 11.8 Å². The molecule has 0 radical (unpaired) electrons. The normalized spacial score (nSPS) is 19.7. The highest BCUT2D eigenvalue weighted by atomic mass is 16.2. The predicted molar refractivity (Wildman–Crippen MR) is 98.5 cm³/mol. The Morgan fingerprint density at radius 2 is 2.08 bits per heavy atom. The standard InChI is InChI=1S/C19H24N6O/c1-11-6-17(15(8-20)12(2)23-11)21-9-14-7-18(26)24(4)19(14)16-10-22-25(5)13(16)3/h6,10,14,19H,7,9H2,1-5H3,(H,21,23)/t14-,19+/m0/s1. The molecule has 1 aliphatic rings. The number of nitrogens with zero attached hydrogens (tertiary/aromatic N) is 5. The molecule has 2 atom stereocenters. The highest BCUT2D eigenvalue weighted by Crippen LogP contribution is 2.38. The third-order valence-electron chi connectivity index (χ3n) is 5.28. The summed E-state index contributed by atoms with van der Waals surface area (Å²) in [4.78, 5) is 18.5. The smallest absolute Gasteiger partial charge is 0.223 e. The van der Waals surface area contributed by atoms with E-state index >= 15 is 0 Å². The maximum absolute atomic E-state index is 12.3. The molecule has 1 saturated heterocycles. The van der Waals surface area contributed by atoms with Gasteiger partial charge in [0.25, 0.3) is 0 Å². The number of nitriles is 1. The first-order valence-electron chi connectivity index (χ1n) is 8.69. The van der Waals surface area contributed by atoms with Gasteiger partial charge >= 0.3 is 0 Å². The van der Waals surface area contributed by atoms with Crippen LogP contribution < -0.4 is 5.32 Å². The number of rotatable bonds is 4. The van der Waals surface area contributed by atoms with Gasteiger partial charge in [-0.2, -0.15) is 10.4 Å². The first-order chi connectivity index (χ1) is 12.3. The molecule has 7 heteroatoms. The van der Waals surface area contributed by atoms with Gasteiger partial charge < -0.3 is 10.2 Å². The molecule has 26 heavy (non-hydrogen) atoms. The molecule has 0 aromatic carbocycles. The second-order valence-corrected chi connectivity index (χ2v) is 6.99. The summed E-state index contributed by atoms with van der Waals surface area (Å²) in [6.07, 6.45) is 2.33. The monoisotopic (exact) mass is 352 g/mol. The Kier molecular flexibility index (Phi) is 4.68. The fraction of sp³-hybridized carbons (Fsp3) is 0.474. The molecule has 3 heterocycles. The van der Waals surface area contributed by atoms with Crippen LogP contribution in [0.2, 0.25) is 0 Å². The van der Waals surface area contributed by atoms with Crippen LogP contribution in [0.15, 0.2) is 12.3 Å². The lowest BCUT2D eigenvalue weighted by Gasteiger charge is -2.25. The van der Waals surface area contributed by atoms with Crippen molar-refractivity contribution in [2.75, 3.05) is 18.9 Å². The van der Waals surface area contributed by atoms with Gasteiger partial charge in [-0.05, 0) is 26.8 Å². The molecule has 2 aromatic rings. The highest BCUT2D eigenvalue weighted by molar-refractivity contribution is 5.79. The summed E-state index contributed by atoms with van der Waals surface area (Å²) in [5.41, 5.74) is 5.06. The molecule has 0 aliphatic carbocycles. The van der Waals surface area contributed by atoms with Crippen LogP contribution >= 0.6 is 0 Å². The summed E-state index contributed by atoms with van der Waals surface area (Å²) >= 11 is 0. The molecule has 1 N–H and O–H groups in total. The molecule has 0 saturated carbocycles. The Labute approximate surface area is 153 Å². The fourth-order valence-corrected chi connectivity index (χ4v) is 3.75. The predicted octanol–water partition coefficient (Wildman–Crippen LogP) is 2.24. The second kappa shape index (κ2) is 6.79. The van der Waals surface area contributed by atoms with Crippen LogP contribution in [0.25, 0.3) is 0 Å². The zero-order valence-corrected chi connectivity index (χ0v) is 15.9. The Morgan fingerprint density at radius 3 is 2.69 bits per heavy atom. The largest absolute Gasteiger partial charge is 0.383 e. The highest BCUT2D eigenvalue weighted by Gasteiger charge is 2.39. The van der Waals surface area contributed by atoms with Crippen molar-refractivity contribution in [3.05, 3.63) is 40.5 Å². The average molecular weight is 352 g/mol. The number of anilines is 1. The molecule has 1 amide bonds. The molecule has 0 spiro atoms. The SMILES string of the molecule is Cc1cc(NC[C@@H]2CC(=O)N(C)[C@H]2c2cnn(C)c2C)c(C#N)c(C)n1. The maximum atomic E-state index is 12.3. The Hall–Kier alpha value is -2.88. The lowest BCUT2D eigenvalue weighted by atomic mass is 9.94. The summed E-state index contributed by atoms with van der Waals surface area (Å²) in [6.45, 7) is 6.37. The van der Waals surface area contributed by atoms with Crippen molar-refractivity contribution < 1.29 is 4.79 Å². The maximum Gasteiger partial charge on any atom is 0.223 e. The number of pyridine rings is 1. The molecule has 1 aliphatic heterocycles. The Balaban J connectivity index is 1.86. The number of amides is 1.